The van der Waals surface area contributed by atoms with E-state index in [2.05, 4.69) is 39.6 Å². The molecule has 80 valence electrons. The summed E-state index contributed by atoms with van der Waals surface area (Å²) in [6.45, 7) is 7.97. The van der Waals surface area contributed by atoms with Crippen LogP contribution in [0.15, 0.2) is 12.3 Å². The van der Waals surface area contributed by atoms with Crippen LogP contribution in [0.5, 0.6) is 0 Å². The minimum Gasteiger partial charge on any atom is -0.311 e. The maximum Gasteiger partial charge on any atom is 0.234 e. The standard InChI is InChI=1S/C11H16N4/c1-4-12-6-10-7-13-11-14-8(2)5-9(3)15(10)11/h5,7,12H,4,6H2,1-3H3. The lowest BCUT2D eigenvalue weighted by atomic mass is 10.3. The number of aryl methyl sites for hydroxylation is 2. The topological polar surface area (TPSA) is 42.2 Å². The summed E-state index contributed by atoms with van der Waals surface area (Å²) >= 11 is 0. The van der Waals surface area contributed by atoms with Crippen LogP contribution < -0.4 is 5.32 Å². The quantitative estimate of drug-likeness (QED) is 0.823. The van der Waals surface area contributed by atoms with Gasteiger partial charge in [0.1, 0.15) is 0 Å². The van der Waals surface area contributed by atoms with Crippen molar-refractivity contribution in [2.45, 2.75) is 27.3 Å². The van der Waals surface area contributed by atoms with Crippen molar-refractivity contribution in [3.63, 3.8) is 0 Å². The van der Waals surface area contributed by atoms with Gasteiger partial charge >= 0.3 is 0 Å². The van der Waals surface area contributed by atoms with Crippen molar-refractivity contribution in [1.29, 1.82) is 0 Å². The van der Waals surface area contributed by atoms with Gasteiger partial charge in [0.05, 0.1) is 11.9 Å². The molecule has 1 N–H and O–H groups in total. The second kappa shape index (κ2) is 3.98. The molecule has 0 aromatic carbocycles. The summed E-state index contributed by atoms with van der Waals surface area (Å²) in [6.07, 6.45) is 1.89. The van der Waals surface area contributed by atoms with Gasteiger partial charge in [-0.3, -0.25) is 4.40 Å². The van der Waals surface area contributed by atoms with Crippen LogP contribution in [0.25, 0.3) is 5.78 Å². The molecule has 0 unspecified atom stereocenters. The smallest absolute Gasteiger partial charge is 0.234 e. The highest BCUT2D eigenvalue weighted by Crippen LogP contribution is 2.09. The zero-order valence-electron chi connectivity index (χ0n) is 9.41. The fourth-order valence-corrected chi connectivity index (χ4v) is 1.77. The zero-order chi connectivity index (χ0) is 10.8. The summed E-state index contributed by atoms with van der Waals surface area (Å²) in [5, 5.41) is 3.30. The number of nitrogens with zero attached hydrogens (tertiary/aromatic N) is 3. The molecule has 0 aliphatic rings. The molecule has 0 fully saturated rings. The summed E-state index contributed by atoms with van der Waals surface area (Å²) in [5.41, 5.74) is 3.36. The number of fused-ring (bicyclic) bond motifs is 1. The second-order valence-electron chi connectivity index (χ2n) is 3.70. The molecule has 2 aromatic heterocycles. The van der Waals surface area contributed by atoms with Crippen LogP contribution in [0.3, 0.4) is 0 Å². The molecule has 2 rings (SSSR count). The van der Waals surface area contributed by atoms with Crippen molar-refractivity contribution >= 4 is 5.78 Å². The Hall–Kier alpha value is -1.42. The van der Waals surface area contributed by atoms with E-state index in [0.717, 1.165) is 30.3 Å². The summed E-state index contributed by atoms with van der Waals surface area (Å²) < 4.78 is 2.09. The maximum absolute atomic E-state index is 4.39. The summed E-state index contributed by atoms with van der Waals surface area (Å²) in [4.78, 5) is 8.69. The molecule has 2 aromatic rings. The van der Waals surface area contributed by atoms with Gasteiger partial charge in [0, 0.05) is 17.9 Å². The Morgan fingerprint density at radius 1 is 1.40 bits per heavy atom. The van der Waals surface area contributed by atoms with Crippen molar-refractivity contribution in [2.24, 2.45) is 0 Å². The minimum absolute atomic E-state index is 0.792. The number of hydrogen-bond donors (Lipinski definition) is 1. The molecule has 15 heavy (non-hydrogen) atoms. The predicted molar refractivity (Wildman–Crippen MR) is 59.8 cm³/mol. The molecule has 0 aliphatic carbocycles. The molecule has 4 heteroatoms. The highest BCUT2D eigenvalue weighted by Gasteiger charge is 2.06. The van der Waals surface area contributed by atoms with Crippen molar-refractivity contribution < 1.29 is 0 Å². The Morgan fingerprint density at radius 2 is 2.20 bits per heavy atom. The average Bonchev–Trinajstić information content (AvgIpc) is 2.58. The third-order valence-corrected chi connectivity index (χ3v) is 2.42. The van der Waals surface area contributed by atoms with Crippen molar-refractivity contribution in [1.82, 2.24) is 19.7 Å². The van der Waals surface area contributed by atoms with Gasteiger partial charge in [0.25, 0.3) is 0 Å². The number of imidazole rings is 1. The Kier molecular flexibility index (Phi) is 2.68. The minimum atomic E-state index is 0.792. The third-order valence-electron chi connectivity index (χ3n) is 2.42. The Labute approximate surface area is 89.4 Å². The molecule has 4 nitrogen and oxygen atoms in total. The van der Waals surface area contributed by atoms with E-state index < -0.39 is 0 Å². The van der Waals surface area contributed by atoms with Gasteiger partial charge in [-0.05, 0) is 26.5 Å². The lowest BCUT2D eigenvalue weighted by molar-refractivity contribution is 0.701. The number of aromatic nitrogens is 3. The van der Waals surface area contributed by atoms with E-state index in [1.54, 1.807) is 0 Å². The molecule has 0 bridgehead atoms. The van der Waals surface area contributed by atoms with Gasteiger partial charge in [-0.25, -0.2) is 9.97 Å². The fourth-order valence-electron chi connectivity index (χ4n) is 1.77. The van der Waals surface area contributed by atoms with Gasteiger partial charge in [0.2, 0.25) is 5.78 Å². The number of rotatable bonds is 3. The first-order chi connectivity index (χ1) is 7.22. The van der Waals surface area contributed by atoms with E-state index >= 15 is 0 Å². The normalized spacial score (nSPS) is 11.1. The number of nitrogens with one attached hydrogen (secondary N) is 1. The van der Waals surface area contributed by atoms with Crippen LogP contribution in [0.2, 0.25) is 0 Å². The summed E-state index contributed by atoms with van der Waals surface area (Å²) in [6, 6.07) is 2.07. The molecule has 0 spiro atoms. The average molecular weight is 204 g/mol. The first-order valence-corrected chi connectivity index (χ1v) is 5.23. The van der Waals surface area contributed by atoms with E-state index in [-0.39, 0.29) is 0 Å². The van der Waals surface area contributed by atoms with Gasteiger partial charge in [-0.2, -0.15) is 0 Å². The van der Waals surface area contributed by atoms with Gasteiger partial charge in [-0.15, -0.1) is 0 Å². The SMILES string of the molecule is CCNCc1cnc2nc(C)cc(C)n12. The summed E-state index contributed by atoms with van der Waals surface area (Å²) in [7, 11) is 0. The molecule has 0 aliphatic heterocycles. The monoisotopic (exact) mass is 204 g/mol. The molecular weight excluding hydrogens is 188 g/mol. The van der Waals surface area contributed by atoms with Crippen LogP contribution in [0, 0.1) is 13.8 Å². The first kappa shape index (κ1) is 10.1. The van der Waals surface area contributed by atoms with E-state index in [0.29, 0.717) is 0 Å². The zero-order valence-corrected chi connectivity index (χ0v) is 9.41. The Bertz CT molecular complexity index is 473. The van der Waals surface area contributed by atoms with Gasteiger partial charge in [0.15, 0.2) is 0 Å². The van der Waals surface area contributed by atoms with Crippen LogP contribution in [0.1, 0.15) is 24.0 Å². The Balaban J connectivity index is 2.49. The van der Waals surface area contributed by atoms with Crippen LogP contribution in [0.4, 0.5) is 0 Å². The van der Waals surface area contributed by atoms with Gasteiger partial charge < -0.3 is 5.32 Å². The molecule has 0 radical (unpaired) electrons. The van der Waals surface area contributed by atoms with Crippen molar-refractivity contribution in [3.05, 3.63) is 29.3 Å². The largest absolute Gasteiger partial charge is 0.311 e. The molecule has 0 saturated heterocycles. The first-order valence-electron chi connectivity index (χ1n) is 5.23. The molecule has 0 atom stereocenters. The van der Waals surface area contributed by atoms with E-state index in [1.807, 2.05) is 13.1 Å². The lowest BCUT2D eigenvalue weighted by Crippen LogP contribution is -2.14. The number of hydrogen-bond acceptors (Lipinski definition) is 3. The predicted octanol–water partition coefficient (Wildman–Crippen LogP) is 1.46. The molecule has 2 heterocycles. The maximum atomic E-state index is 4.39. The Morgan fingerprint density at radius 3 is 2.93 bits per heavy atom. The third kappa shape index (κ3) is 1.85. The highest BCUT2D eigenvalue weighted by molar-refractivity contribution is 5.35. The van der Waals surface area contributed by atoms with Crippen molar-refractivity contribution in [2.75, 3.05) is 6.54 Å². The summed E-state index contributed by atoms with van der Waals surface area (Å²) in [5.74, 6) is 0.792. The van der Waals surface area contributed by atoms with Crippen LogP contribution >= 0.6 is 0 Å². The van der Waals surface area contributed by atoms with E-state index in [9.17, 15) is 0 Å². The highest BCUT2D eigenvalue weighted by atomic mass is 15.1. The van der Waals surface area contributed by atoms with E-state index in [1.165, 1.54) is 5.69 Å². The van der Waals surface area contributed by atoms with Gasteiger partial charge in [-0.1, -0.05) is 6.92 Å². The van der Waals surface area contributed by atoms with E-state index in [4.69, 9.17) is 0 Å². The lowest BCUT2D eigenvalue weighted by Gasteiger charge is -2.05. The molecule has 0 amide bonds. The second-order valence-corrected chi connectivity index (χ2v) is 3.70. The molecular formula is C11H16N4. The fraction of sp³-hybridized carbons (Fsp3) is 0.455. The van der Waals surface area contributed by atoms with Crippen molar-refractivity contribution in [3.8, 4) is 0 Å². The molecule has 0 saturated carbocycles. The van der Waals surface area contributed by atoms with Crippen LogP contribution in [-0.4, -0.2) is 20.9 Å². The van der Waals surface area contributed by atoms with Crippen LogP contribution in [-0.2, 0) is 6.54 Å².